The predicted octanol–water partition coefficient (Wildman–Crippen LogP) is 1.88. The second kappa shape index (κ2) is 4.23. The average molecular weight is 280 g/mol. The van der Waals surface area contributed by atoms with Crippen LogP contribution in [0.2, 0.25) is 5.02 Å². The molecule has 0 aromatic heterocycles. The Kier molecular flexibility index (Phi) is 2.78. The van der Waals surface area contributed by atoms with E-state index >= 15 is 0 Å². The van der Waals surface area contributed by atoms with Crippen LogP contribution in [0, 0.1) is 0 Å². The first kappa shape index (κ1) is 12.5. The summed E-state index contributed by atoms with van der Waals surface area (Å²) < 4.78 is 0. The minimum atomic E-state index is -1.13. The lowest BCUT2D eigenvalue weighted by Gasteiger charge is -2.35. The number of carbonyl (C=O) groups is 2. The van der Waals surface area contributed by atoms with Crippen LogP contribution >= 0.6 is 11.6 Å². The molecule has 1 aromatic carbocycles. The van der Waals surface area contributed by atoms with Gasteiger partial charge in [0.15, 0.2) is 0 Å². The van der Waals surface area contributed by atoms with Crippen LogP contribution < -0.4 is 0 Å². The molecule has 0 radical (unpaired) electrons. The molecule has 5 heteroatoms. The Labute approximate surface area is 116 Å². The van der Waals surface area contributed by atoms with E-state index in [9.17, 15) is 14.7 Å². The molecular formula is C14H14ClNO3. The first-order chi connectivity index (χ1) is 9.06. The molecule has 1 saturated carbocycles. The van der Waals surface area contributed by atoms with E-state index in [2.05, 4.69) is 0 Å². The lowest BCUT2D eigenvalue weighted by atomic mass is 9.93. The molecule has 1 fully saturated rings. The van der Waals surface area contributed by atoms with E-state index in [1.807, 2.05) is 6.07 Å². The number of benzene rings is 1. The number of rotatable bonds is 4. The van der Waals surface area contributed by atoms with Crippen molar-refractivity contribution < 1.29 is 14.7 Å². The minimum absolute atomic E-state index is 0.0818. The van der Waals surface area contributed by atoms with Gasteiger partial charge in [0, 0.05) is 23.9 Å². The van der Waals surface area contributed by atoms with Crippen LogP contribution in [0.5, 0.6) is 0 Å². The summed E-state index contributed by atoms with van der Waals surface area (Å²) in [4.78, 5) is 24.6. The third kappa shape index (κ3) is 1.91. The summed E-state index contributed by atoms with van der Waals surface area (Å²) in [5.41, 5.74) is 0.775. The van der Waals surface area contributed by atoms with Crippen molar-refractivity contribution in [2.75, 3.05) is 0 Å². The number of fused-ring (bicyclic) bond motifs is 1. The zero-order valence-electron chi connectivity index (χ0n) is 10.3. The van der Waals surface area contributed by atoms with Gasteiger partial charge in [-0.25, -0.2) is 4.79 Å². The molecule has 0 bridgehead atoms. The van der Waals surface area contributed by atoms with Crippen LogP contribution in [-0.2, 0) is 22.4 Å². The van der Waals surface area contributed by atoms with Gasteiger partial charge in [0.25, 0.3) is 0 Å². The smallest absolute Gasteiger partial charge is 0.330 e. The summed E-state index contributed by atoms with van der Waals surface area (Å²) in [6.45, 7) is 0. The summed E-state index contributed by atoms with van der Waals surface area (Å²) in [5.74, 6) is -0.932. The fourth-order valence-electron chi connectivity index (χ4n) is 2.96. The van der Waals surface area contributed by atoms with Gasteiger partial charge in [-0.3, -0.25) is 4.79 Å². The molecule has 1 amide bonds. The van der Waals surface area contributed by atoms with Crippen molar-refractivity contribution in [3.63, 3.8) is 0 Å². The standard InChI is InChI=1S/C14H14ClNO3/c15-11-2-1-9-6-14(13(18)19,7-10(9)5-11)16(8-17)12-3-4-12/h1-2,5,8,12H,3-4,6-7H2,(H,18,19). The molecule has 1 aromatic rings. The second-order valence-corrected chi connectivity index (χ2v) is 5.78. The van der Waals surface area contributed by atoms with Gasteiger partial charge in [-0.1, -0.05) is 17.7 Å². The number of carbonyl (C=O) groups excluding carboxylic acids is 1. The van der Waals surface area contributed by atoms with Crippen LogP contribution in [-0.4, -0.2) is 34.0 Å². The first-order valence-corrected chi connectivity index (χ1v) is 6.69. The lowest BCUT2D eigenvalue weighted by molar-refractivity contribution is -0.155. The van der Waals surface area contributed by atoms with Gasteiger partial charge in [-0.2, -0.15) is 0 Å². The quantitative estimate of drug-likeness (QED) is 0.856. The molecule has 19 heavy (non-hydrogen) atoms. The Hall–Kier alpha value is -1.55. The highest BCUT2D eigenvalue weighted by Crippen LogP contribution is 2.41. The number of halogens is 1. The van der Waals surface area contributed by atoms with Crippen molar-refractivity contribution >= 4 is 24.0 Å². The zero-order chi connectivity index (χ0) is 13.6. The lowest BCUT2D eigenvalue weighted by Crippen LogP contribution is -2.56. The van der Waals surface area contributed by atoms with E-state index in [1.54, 1.807) is 12.1 Å². The predicted molar refractivity (Wildman–Crippen MR) is 70.2 cm³/mol. The molecule has 0 aliphatic heterocycles. The maximum atomic E-state index is 11.8. The van der Waals surface area contributed by atoms with Crippen molar-refractivity contribution in [3.8, 4) is 0 Å². The van der Waals surface area contributed by atoms with E-state index in [4.69, 9.17) is 11.6 Å². The maximum absolute atomic E-state index is 11.8. The number of carboxylic acids is 1. The second-order valence-electron chi connectivity index (χ2n) is 5.35. The third-order valence-corrected chi connectivity index (χ3v) is 4.32. The van der Waals surface area contributed by atoms with Crippen LogP contribution in [0.25, 0.3) is 0 Å². The van der Waals surface area contributed by atoms with Crippen LogP contribution in [0.3, 0.4) is 0 Å². The molecule has 0 heterocycles. The summed E-state index contributed by atoms with van der Waals surface area (Å²) in [6.07, 6.45) is 3.19. The Balaban J connectivity index is 2.01. The molecule has 0 saturated heterocycles. The van der Waals surface area contributed by atoms with Gasteiger partial charge < -0.3 is 10.0 Å². The first-order valence-electron chi connectivity index (χ1n) is 6.31. The van der Waals surface area contributed by atoms with Gasteiger partial charge >= 0.3 is 5.97 Å². The fourth-order valence-corrected chi connectivity index (χ4v) is 3.15. The summed E-state index contributed by atoms with van der Waals surface area (Å²) in [6, 6.07) is 5.51. The van der Waals surface area contributed by atoms with Crippen LogP contribution in [0.4, 0.5) is 0 Å². The van der Waals surface area contributed by atoms with E-state index < -0.39 is 11.5 Å². The van der Waals surface area contributed by atoms with Gasteiger partial charge in [-0.15, -0.1) is 0 Å². The minimum Gasteiger partial charge on any atom is -0.479 e. The molecule has 100 valence electrons. The number of nitrogens with zero attached hydrogens (tertiary/aromatic N) is 1. The Bertz CT molecular complexity index is 556. The highest BCUT2D eigenvalue weighted by atomic mass is 35.5. The van der Waals surface area contributed by atoms with Gasteiger partial charge in [0.05, 0.1) is 0 Å². The number of aliphatic carboxylic acids is 1. The highest BCUT2D eigenvalue weighted by Gasteiger charge is 2.52. The Morgan fingerprint density at radius 2 is 2.05 bits per heavy atom. The summed E-state index contributed by atoms with van der Waals surface area (Å²) in [7, 11) is 0. The van der Waals surface area contributed by atoms with Crippen LogP contribution in [0.1, 0.15) is 24.0 Å². The molecule has 1 atom stereocenters. The van der Waals surface area contributed by atoms with Crippen molar-refractivity contribution in [2.45, 2.75) is 37.3 Å². The normalized spacial score (nSPS) is 24.9. The maximum Gasteiger partial charge on any atom is 0.330 e. The van der Waals surface area contributed by atoms with E-state index in [1.165, 1.54) is 4.90 Å². The number of hydrogen-bond donors (Lipinski definition) is 1. The number of amides is 1. The Morgan fingerprint density at radius 1 is 1.37 bits per heavy atom. The van der Waals surface area contributed by atoms with Gasteiger partial charge in [-0.05, 0) is 36.1 Å². The van der Waals surface area contributed by atoms with Crippen molar-refractivity contribution in [1.82, 2.24) is 4.90 Å². The third-order valence-electron chi connectivity index (χ3n) is 4.08. The van der Waals surface area contributed by atoms with Crippen molar-refractivity contribution in [1.29, 1.82) is 0 Å². The monoisotopic (exact) mass is 279 g/mol. The topological polar surface area (TPSA) is 57.6 Å². The Morgan fingerprint density at radius 3 is 2.63 bits per heavy atom. The molecule has 1 N–H and O–H groups in total. The number of carboxylic acid groups (broad SMARTS) is 1. The molecule has 1 unspecified atom stereocenters. The van der Waals surface area contributed by atoms with Gasteiger partial charge in [0.1, 0.15) is 5.54 Å². The molecule has 2 aliphatic carbocycles. The average Bonchev–Trinajstić information content (AvgIpc) is 3.10. The zero-order valence-corrected chi connectivity index (χ0v) is 11.1. The van der Waals surface area contributed by atoms with E-state index in [0.717, 1.165) is 24.0 Å². The molecule has 4 nitrogen and oxygen atoms in total. The molecule has 0 spiro atoms. The van der Waals surface area contributed by atoms with Gasteiger partial charge in [0.2, 0.25) is 6.41 Å². The van der Waals surface area contributed by atoms with Crippen molar-refractivity contribution in [2.24, 2.45) is 0 Å². The molecule has 3 rings (SSSR count). The van der Waals surface area contributed by atoms with Crippen LogP contribution in [0.15, 0.2) is 18.2 Å². The molecular weight excluding hydrogens is 266 g/mol. The summed E-state index contributed by atoms with van der Waals surface area (Å²) in [5, 5.41) is 10.3. The molecule has 2 aliphatic rings. The number of hydrogen-bond acceptors (Lipinski definition) is 2. The largest absolute Gasteiger partial charge is 0.479 e. The highest BCUT2D eigenvalue weighted by molar-refractivity contribution is 6.30. The van der Waals surface area contributed by atoms with E-state index in [-0.39, 0.29) is 6.04 Å². The van der Waals surface area contributed by atoms with Crippen molar-refractivity contribution in [3.05, 3.63) is 34.3 Å². The summed E-state index contributed by atoms with van der Waals surface area (Å²) >= 11 is 5.95. The SMILES string of the molecule is O=CN(C1CC1)C1(C(=O)O)Cc2ccc(Cl)cc2C1. The van der Waals surface area contributed by atoms with E-state index in [0.29, 0.717) is 24.3 Å². The fraction of sp³-hybridized carbons (Fsp3) is 0.429.